The summed E-state index contributed by atoms with van der Waals surface area (Å²) in [5.41, 5.74) is 0. The minimum atomic E-state index is -8.04. The van der Waals surface area contributed by atoms with Crippen molar-refractivity contribution in [1.29, 1.82) is 0 Å². The smallest absolute Gasteiger partial charge is 0.270 e. The van der Waals surface area contributed by atoms with Crippen molar-refractivity contribution >= 4 is 5.91 Å². The molecule has 34 heavy (non-hydrogen) atoms. The molecule has 0 aliphatic rings. The van der Waals surface area contributed by atoms with Gasteiger partial charge in [-0.05, 0) is 19.3 Å². The third-order valence-electron chi connectivity index (χ3n) is 4.75. The van der Waals surface area contributed by atoms with E-state index in [-0.39, 0.29) is 37.4 Å². The zero-order valence-electron chi connectivity index (χ0n) is 18.4. The van der Waals surface area contributed by atoms with E-state index < -0.39 is 48.2 Å². The first-order valence-corrected chi connectivity index (χ1v) is 10.2. The van der Waals surface area contributed by atoms with Gasteiger partial charge in [0.15, 0.2) is 0 Å². The van der Waals surface area contributed by atoms with Crippen LogP contribution in [-0.2, 0) is 4.79 Å². The van der Waals surface area contributed by atoms with Gasteiger partial charge in [0.1, 0.15) is 0 Å². The molecule has 0 unspecified atom stereocenters. The Bertz CT molecular complexity index is 657. The normalized spacial score (nSPS) is 14.6. The molecule has 0 spiro atoms. The molecule has 0 saturated heterocycles. The van der Waals surface area contributed by atoms with Gasteiger partial charge in [-0.2, -0.15) is 57.1 Å². The van der Waals surface area contributed by atoms with Crippen LogP contribution in [0.1, 0.15) is 52.9 Å². The van der Waals surface area contributed by atoms with Crippen molar-refractivity contribution in [1.82, 2.24) is 10.0 Å². The summed E-state index contributed by atoms with van der Waals surface area (Å²) in [6, 6.07) is 0. The molecule has 0 atom stereocenters. The van der Waals surface area contributed by atoms with Crippen molar-refractivity contribution in [2.45, 2.75) is 88.7 Å². The molecule has 0 aliphatic carbocycles. The molecule has 0 aromatic heterocycles. The summed E-state index contributed by atoms with van der Waals surface area (Å²) in [6.45, 7) is 3.29. The fourth-order valence-corrected chi connectivity index (χ4v) is 2.68. The Balaban J connectivity index is 6.52. The topological polar surface area (TPSA) is 23.6 Å². The van der Waals surface area contributed by atoms with Crippen LogP contribution < -0.4 is 0 Å². The van der Waals surface area contributed by atoms with Crippen LogP contribution in [0.25, 0.3) is 0 Å². The standard InChI is InChI=1S/C18H25F13N2O/c1-4-7-10-32(11-8-5-2)33(9-6-3)12(34)13(19,20)14(21,22)15(23,24)16(25,26)17(27,28)18(29,30)31/h4-11H2,1-3H3. The molecule has 0 N–H and O–H groups in total. The first kappa shape index (κ1) is 32.5. The highest BCUT2D eigenvalue weighted by molar-refractivity contribution is 5.84. The molecular formula is C18H25F13N2O. The van der Waals surface area contributed by atoms with E-state index in [1.807, 2.05) is 0 Å². The molecule has 3 nitrogen and oxygen atoms in total. The van der Waals surface area contributed by atoms with E-state index >= 15 is 0 Å². The molecule has 0 aromatic carbocycles. The van der Waals surface area contributed by atoms with Gasteiger partial charge in [0.05, 0.1) is 0 Å². The van der Waals surface area contributed by atoms with Crippen molar-refractivity contribution in [2.75, 3.05) is 19.6 Å². The maximum atomic E-state index is 14.4. The zero-order chi connectivity index (χ0) is 27.4. The molecule has 0 aliphatic heterocycles. The minimum absolute atomic E-state index is 0.0879. The predicted octanol–water partition coefficient (Wildman–Crippen LogP) is 6.78. The Morgan fingerprint density at radius 1 is 0.559 bits per heavy atom. The maximum absolute atomic E-state index is 14.4. The fraction of sp³-hybridized carbons (Fsp3) is 0.944. The lowest BCUT2D eigenvalue weighted by Gasteiger charge is -2.42. The van der Waals surface area contributed by atoms with E-state index in [9.17, 15) is 61.9 Å². The Hall–Kier alpha value is -1.48. The van der Waals surface area contributed by atoms with E-state index in [0.717, 1.165) is 5.01 Å². The monoisotopic (exact) mass is 532 g/mol. The highest BCUT2D eigenvalue weighted by atomic mass is 19.4. The summed E-state index contributed by atoms with van der Waals surface area (Å²) in [5.74, 6) is -41.4. The third-order valence-corrected chi connectivity index (χ3v) is 4.75. The maximum Gasteiger partial charge on any atom is 0.460 e. The van der Waals surface area contributed by atoms with Crippen LogP contribution >= 0.6 is 0 Å². The van der Waals surface area contributed by atoms with Gasteiger partial charge in [0, 0.05) is 19.6 Å². The average Bonchev–Trinajstić information content (AvgIpc) is 2.70. The van der Waals surface area contributed by atoms with Gasteiger partial charge in [-0.1, -0.05) is 33.6 Å². The number of amides is 1. The SMILES string of the molecule is CCCCN(CCCC)N(CCC)C(=O)C(F)(F)C(F)(F)C(F)(F)C(F)(F)C(F)(F)C(F)(F)F. The zero-order valence-corrected chi connectivity index (χ0v) is 18.4. The number of nitrogens with zero attached hydrogens (tertiary/aromatic N) is 2. The quantitative estimate of drug-likeness (QED) is 0.182. The summed E-state index contributed by atoms with van der Waals surface area (Å²) in [4.78, 5) is 12.3. The largest absolute Gasteiger partial charge is 0.460 e. The number of unbranched alkanes of at least 4 members (excludes halogenated alkanes) is 2. The van der Waals surface area contributed by atoms with Crippen LogP contribution in [0.5, 0.6) is 0 Å². The fourth-order valence-electron chi connectivity index (χ4n) is 2.68. The van der Waals surface area contributed by atoms with Crippen molar-refractivity contribution < 1.29 is 61.9 Å². The van der Waals surface area contributed by atoms with Gasteiger partial charge < -0.3 is 0 Å². The van der Waals surface area contributed by atoms with Gasteiger partial charge in [-0.3, -0.25) is 9.80 Å². The number of carbonyl (C=O) groups excluding carboxylic acids is 1. The van der Waals surface area contributed by atoms with E-state index in [4.69, 9.17) is 0 Å². The number of hydrogen-bond acceptors (Lipinski definition) is 2. The van der Waals surface area contributed by atoms with Crippen molar-refractivity contribution in [3.8, 4) is 0 Å². The van der Waals surface area contributed by atoms with Crippen LogP contribution in [0, 0.1) is 0 Å². The number of halogens is 13. The Morgan fingerprint density at radius 2 is 0.941 bits per heavy atom. The second kappa shape index (κ2) is 11.1. The lowest BCUT2D eigenvalue weighted by Crippen LogP contribution is -2.72. The molecule has 16 heteroatoms. The molecule has 0 saturated carbocycles. The number of alkyl halides is 13. The number of hydrogen-bond donors (Lipinski definition) is 0. The lowest BCUT2D eigenvalue weighted by molar-refractivity contribution is -0.436. The van der Waals surface area contributed by atoms with Crippen LogP contribution in [0.15, 0.2) is 0 Å². The van der Waals surface area contributed by atoms with Crippen LogP contribution in [0.4, 0.5) is 57.1 Å². The number of carbonyl (C=O) groups is 1. The van der Waals surface area contributed by atoms with E-state index in [0.29, 0.717) is 12.8 Å². The van der Waals surface area contributed by atoms with Gasteiger partial charge in [0.25, 0.3) is 0 Å². The van der Waals surface area contributed by atoms with Gasteiger partial charge in [-0.15, -0.1) is 0 Å². The summed E-state index contributed by atoms with van der Waals surface area (Å²) >= 11 is 0. The van der Waals surface area contributed by atoms with Gasteiger partial charge in [-0.25, -0.2) is 5.01 Å². The molecule has 0 bridgehead atoms. The molecule has 0 heterocycles. The van der Waals surface area contributed by atoms with E-state index in [2.05, 4.69) is 0 Å². The molecule has 0 aromatic rings. The van der Waals surface area contributed by atoms with Crippen LogP contribution in [0.3, 0.4) is 0 Å². The van der Waals surface area contributed by atoms with E-state index in [1.165, 1.54) is 6.92 Å². The summed E-state index contributed by atoms with van der Waals surface area (Å²) in [5, 5.41) is 0.707. The van der Waals surface area contributed by atoms with Crippen molar-refractivity contribution in [3.05, 3.63) is 0 Å². The average molecular weight is 532 g/mol. The second-order valence-electron chi connectivity index (χ2n) is 7.46. The first-order valence-electron chi connectivity index (χ1n) is 10.2. The number of hydrazine groups is 1. The summed E-state index contributed by atoms with van der Waals surface area (Å²) in [7, 11) is 0. The molecule has 204 valence electrons. The van der Waals surface area contributed by atoms with Gasteiger partial charge >= 0.3 is 41.7 Å². The molecule has 0 radical (unpaired) electrons. The summed E-state index contributed by atoms with van der Waals surface area (Å²) < 4.78 is 174. The lowest BCUT2D eigenvalue weighted by atomic mass is 9.93. The molecule has 0 fully saturated rings. The Kier molecular flexibility index (Phi) is 10.6. The summed E-state index contributed by atoms with van der Waals surface area (Å²) in [6.07, 6.45) is -6.50. The van der Waals surface area contributed by atoms with Crippen molar-refractivity contribution in [3.63, 3.8) is 0 Å². The van der Waals surface area contributed by atoms with Crippen LogP contribution in [-0.4, -0.2) is 71.3 Å². The Labute approximate surface area is 187 Å². The second-order valence-corrected chi connectivity index (χ2v) is 7.46. The molecule has 0 rings (SSSR count). The molecule has 1 amide bonds. The highest BCUT2D eigenvalue weighted by Gasteiger charge is 2.91. The molecular weight excluding hydrogens is 507 g/mol. The third kappa shape index (κ3) is 5.66. The first-order chi connectivity index (χ1) is 15.1. The van der Waals surface area contributed by atoms with Gasteiger partial charge in [0.2, 0.25) is 0 Å². The van der Waals surface area contributed by atoms with Crippen LogP contribution in [0.2, 0.25) is 0 Å². The highest BCUT2D eigenvalue weighted by Crippen LogP contribution is 2.60. The Morgan fingerprint density at radius 3 is 1.26 bits per heavy atom. The number of rotatable bonds is 14. The minimum Gasteiger partial charge on any atom is -0.270 e. The van der Waals surface area contributed by atoms with E-state index in [1.54, 1.807) is 13.8 Å². The predicted molar refractivity (Wildman–Crippen MR) is 94.2 cm³/mol. The van der Waals surface area contributed by atoms with Crippen molar-refractivity contribution in [2.24, 2.45) is 0 Å².